The van der Waals surface area contributed by atoms with Crippen molar-refractivity contribution in [2.45, 2.75) is 6.42 Å². The van der Waals surface area contributed by atoms with E-state index in [2.05, 4.69) is 5.32 Å². The number of halogens is 1. The van der Waals surface area contributed by atoms with Crippen LogP contribution in [0, 0.1) is 5.82 Å². The van der Waals surface area contributed by atoms with Gasteiger partial charge in [0.15, 0.2) is 11.5 Å². The third-order valence-corrected chi connectivity index (χ3v) is 5.52. The van der Waals surface area contributed by atoms with Crippen LogP contribution in [-0.2, 0) is 16.0 Å². The molecule has 0 saturated carbocycles. The van der Waals surface area contributed by atoms with Gasteiger partial charge in [0.2, 0.25) is 5.91 Å². The molecule has 3 N–H and O–H groups in total. The van der Waals surface area contributed by atoms with E-state index in [0.29, 0.717) is 6.42 Å². The second kappa shape index (κ2) is 9.06. The number of hydrogen-bond donors (Lipinski definition) is 3. The number of thioether (sulfide) groups is 1. The smallest absolute Gasteiger partial charge is 0.266 e. The molecule has 0 atom stereocenters. The number of carbonyl (C=O) groups is 2. The van der Waals surface area contributed by atoms with E-state index in [1.165, 1.54) is 29.2 Å². The standard InChI is InChI=1S/C20H17FN2O4S2/c21-14-4-2-1-3-13(14)10-17-19(27)23(20(28)29-17)11-18(26)22-8-7-12-5-6-15(24)16(25)9-12/h1-6,9-10,24-25H,7-8,11H2,(H,22,26)/b17-10-. The van der Waals surface area contributed by atoms with Crippen LogP contribution in [0.2, 0.25) is 0 Å². The Bertz CT molecular complexity index is 1010. The van der Waals surface area contributed by atoms with Crippen LogP contribution in [0.4, 0.5) is 4.39 Å². The molecule has 0 spiro atoms. The van der Waals surface area contributed by atoms with E-state index in [1.807, 2.05) is 0 Å². The van der Waals surface area contributed by atoms with E-state index in [9.17, 15) is 24.2 Å². The predicted molar refractivity (Wildman–Crippen MR) is 113 cm³/mol. The van der Waals surface area contributed by atoms with E-state index < -0.39 is 17.6 Å². The van der Waals surface area contributed by atoms with Gasteiger partial charge in [0.25, 0.3) is 5.91 Å². The number of phenols is 2. The zero-order valence-corrected chi connectivity index (χ0v) is 16.7. The average Bonchev–Trinajstić information content (AvgIpc) is 2.94. The Morgan fingerprint density at radius 1 is 1.21 bits per heavy atom. The largest absolute Gasteiger partial charge is 0.504 e. The van der Waals surface area contributed by atoms with Crippen LogP contribution in [0.3, 0.4) is 0 Å². The summed E-state index contributed by atoms with van der Waals surface area (Å²) in [5, 5.41) is 21.5. The zero-order valence-electron chi connectivity index (χ0n) is 15.1. The maximum absolute atomic E-state index is 13.8. The molecule has 0 aliphatic carbocycles. The number of hydrogen-bond acceptors (Lipinski definition) is 6. The molecule has 0 aromatic heterocycles. The van der Waals surface area contributed by atoms with Crippen LogP contribution in [0.15, 0.2) is 47.4 Å². The summed E-state index contributed by atoms with van der Waals surface area (Å²) in [7, 11) is 0. The third-order valence-electron chi connectivity index (χ3n) is 4.14. The van der Waals surface area contributed by atoms with Crippen LogP contribution < -0.4 is 5.32 Å². The number of rotatable bonds is 6. The average molecular weight is 432 g/mol. The minimum absolute atomic E-state index is 0.212. The Kier molecular flexibility index (Phi) is 6.50. The van der Waals surface area contributed by atoms with Gasteiger partial charge in [-0.15, -0.1) is 0 Å². The fourth-order valence-electron chi connectivity index (χ4n) is 2.64. The molecule has 1 aliphatic heterocycles. The Balaban J connectivity index is 1.56. The number of phenolic OH excluding ortho intramolecular Hbond substituents is 2. The quantitative estimate of drug-likeness (QED) is 0.370. The molecule has 1 aliphatic rings. The van der Waals surface area contributed by atoms with Crippen molar-refractivity contribution < 1.29 is 24.2 Å². The van der Waals surface area contributed by atoms with E-state index in [-0.39, 0.29) is 39.4 Å². The summed E-state index contributed by atoms with van der Waals surface area (Å²) in [5.41, 5.74) is 1.01. The van der Waals surface area contributed by atoms with Crippen molar-refractivity contribution in [3.05, 3.63) is 64.3 Å². The first-order chi connectivity index (χ1) is 13.8. The summed E-state index contributed by atoms with van der Waals surface area (Å²) in [6.45, 7) is 0.0447. The second-order valence-electron chi connectivity index (χ2n) is 6.21. The molecule has 3 rings (SSSR count). The second-order valence-corrected chi connectivity index (χ2v) is 7.89. The van der Waals surface area contributed by atoms with Crippen molar-refractivity contribution in [3.8, 4) is 11.5 Å². The molecule has 0 unspecified atom stereocenters. The third kappa shape index (κ3) is 5.12. The maximum Gasteiger partial charge on any atom is 0.266 e. The van der Waals surface area contributed by atoms with E-state index in [1.54, 1.807) is 24.3 Å². The number of nitrogens with one attached hydrogen (secondary N) is 1. The van der Waals surface area contributed by atoms with Gasteiger partial charge in [-0.25, -0.2) is 4.39 Å². The van der Waals surface area contributed by atoms with Gasteiger partial charge in [-0.1, -0.05) is 48.2 Å². The Morgan fingerprint density at radius 3 is 2.69 bits per heavy atom. The van der Waals surface area contributed by atoms with E-state index in [4.69, 9.17) is 12.2 Å². The summed E-state index contributed by atoms with van der Waals surface area (Å²) in [6, 6.07) is 10.5. The van der Waals surface area contributed by atoms with Crippen molar-refractivity contribution in [2.75, 3.05) is 13.1 Å². The molecule has 2 amide bonds. The molecule has 0 radical (unpaired) electrons. The van der Waals surface area contributed by atoms with Crippen LogP contribution in [0.1, 0.15) is 11.1 Å². The molecule has 1 fully saturated rings. The van der Waals surface area contributed by atoms with Crippen molar-refractivity contribution in [1.82, 2.24) is 10.2 Å². The highest BCUT2D eigenvalue weighted by molar-refractivity contribution is 8.26. The van der Waals surface area contributed by atoms with Crippen LogP contribution >= 0.6 is 24.0 Å². The van der Waals surface area contributed by atoms with Crippen molar-refractivity contribution in [2.24, 2.45) is 0 Å². The number of thiocarbonyl (C=S) groups is 1. The highest BCUT2D eigenvalue weighted by atomic mass is 32.2. The van der Waals surface area contributed by atoms with E-state index in [0.717, 1.165) is 17.3 Å². The summed E-state index contributed by atoms with van der Waals surface area (Å²) < 4.78 is 14.0. The zero-order chi connectivity index (χ0) is 21.0. The number of amides is 2. The number of aromatic hydroxyl groups is 2. The van der Waals surface area contributed by atoms with Gasteiger partial charge in [-0.2, -0.15) is 0 Å². The Labute approximate surface area is 176 Å². The molecule has 2 aromatic carbocycles. The van der Waals surface area contributed by atoms with Crippen molar-refractivity contribution in [3.63, 3.8) is 0 Å². The van der Waals surface area contributed by atoms with Gasteiger partial charge in [-0.05, 0) is 36.3 Å². The number of carbonyl (C=O) groups excluding carboxylic acids is 2. The van der Waals surface area contributed by atoms with Gasteiger partial charge in [0, 0.05) is 12.1 Å². The summed E-state index contributed by atoms with van der Waals surface area (Å²) in [6.07, 6.45) is 1.86. The highest BCUT2D eigenvalue weighted by Crippen LogP contribution is 2.32. The number of benzene rings is 2. The molecular weight excluding hydrogens is 415 g/mol. The van der Waals surface area contributed by atoms with E-state index >= 15 is 0 Å². The molecule has 0 bridgehead atoms. The minimum Gasteiger partial charge on any atom is -0.504 e. The molecule has 1 saturated heterocycles. The molecule has 150 valence electrons. The Morgan fingerprint density at radius 2 is 1.97 bits per heavy atom. The normalized spacial score (nSPS) is 15.2. The van der Waals surface area contributed by atoms with Crippen molar-refractivity contribution >= 4 is 46.2 Å². The molecule has 9 heteroatoms. The highest BCUT2D eigenvalue weighted by Gasteiger charge is 2.33. The maximum atomic E-state index is 13.8. The summed E-state index contributed by atoms with van der Waals surface area (Å²) in [5.74, 6) is -1.72. The van der Waals surface area contributed by atoms with Crippen LogP contribution in [-0.4, -0.2) is 44.3 Å². The molecule has 29 heavy (non-hydrogen) atoms. The topological polar surface area (TPSA) is 89.9 Å². The molecule has 2 aromatic rings. The Hall–Kier alpha value is -2.91. The first-order valence-corrected chi connectivity index (χ1v) is 9.85. The molecule has 1 heterocycles. The lowest BCUT2D eigenvalue weighted by molar-refractivity contribution is -0.128. The predicted octanol–water partition coefficient (Wildman–Crippen LogP) is 2.80. The number of nitrogens with zero attached hydrogens (tertiary/aromatic N) is 1. The monoisotopic (exact) mass is 432 g/mol. The van der Waals surface area contributed by atoms with Crippen molar-refractivity contribution in [1.29, 1.82) is 0 Å². The first kappa shape index (κ1) is 20.8. The first-order valence-electron chi connectivity index (χ1n) is 8.62. The van der Waals surface area contributed by atoms with Crippen LogP contribution in [0.5, 0.6) is 11.5 Å². The van der Waals surface area contributed by atoms with Gasteiger partial charge in [-0.3, -0.25) is 14.5 Å². The van der Waals surface area contributed by atoms with Gasteiger partial charge >= 0.3 is 0 Å². The lowest BCUT2D eigenvalue weighted by Gasteiger charge is -2.14. The minimum atomic E-state index is -0.448. The lowest BCUT2D eigenvalue weighted by Crippen LogP contribution is -2.40. The molecule has 6 nitrogen and oxygen atoms in total. The molecular formula is C20H17FN2O4S2. The fourth-order valence-corrected chi connectivity index (χ4v) is 3.89. The van der Waals surface area contributed by atoms with Crippen LogP contribution in [0.25, 0.3) is 6.08 Å². The van der Waals surface area contributed by atoms with Gasteiger partial charge in [0.05, 0.1) is 4.91 Å². The summed E-state index contributed by atoms with van der Waals surface area (Å²) >= 11 is 6.20. The SMILES string of the molecule is O=C(CN1C(=O)/C(=C/c2ccccc2F)SC1=S)NCCc1ccc(O)c(O)c1. The summed E-state index contributed by atoms with van der Waals surface area (Å²) in [4.78, 5) is 26.1. The fraction of sp³-hybridized carbons (Fsp3) is 0.150. The van der Waals surface area contributed by atoms with Gasteiger partial charge < -0.3 is 15.5 Å². The van der Waals surface area contributed by atoms with Gasteiger partial charge in [0.1, 0.15) is 16.7 Å². The lowest BCUT2D eigenvalue weighted by atomic mass is 10.1.